The van der Waals surface area contributed by atoms with Gasteiger partial charge in [0.15, 0.2) is 0 Å². The summed E-state index contributed by atoms with van der Waals surface area (Å²) in [6.07, 6.45) is 0. The summed E-state index contributed by atoms with van der Waals surface area (Å²) in [5, 5.41) is 0. The summed E-state index contributed by atoms with van der Waals surface area (Å²) >= 11 is 0. The minimum absolute atomic E-state index is 0.0264. The van der Waals surface area contributed by atoms with Crippen molar-refractivity contribution in [3.63, 3.8) is 0 Å². The third kappa shape index (κ3) is 4.96. The number of rotatable bonds is 8. The Kier molecular flexibility index (Phi) is 7.05. The Labute approximate surface area is 176 Å². The molecule has 0 bridgehead atoms. The van der Waals surface area contributed by atoms with Crippen LogP contribution in [0.5, 0.6) is 5.75 Å². The molecule has 160 valence electrons. The van der Waals surface area contributed by atoms with Gasteiger partial charge in [-0.05, 0) is 41.3 Å². The molecule has 2 N–H and O–H groups in total. The van der Waals surface area contributed by atoms with E-state index in [9.17, 15) is 9.59 Å². The van der Waals surface area contributed by atoms with Crippen molar-refractivity contribution < 1.29 is 28.6 Å². The lowest BCUT2D eigenvalue weighted by Gasteiger charge is -2.23. The molecule has 2 aromatic rings. The standard InChI is InChI=1S/C21H25N2O6P/c1-14(2)16-7-5-8-17(11-16)23-19(20(24)22(3)21(23)25)13-28-12-15-6-4-9-18(10-15)29-30(26)27/h4-11,14,19,26-27H,12-13H2,1-3H3. The summed E-state index contributed by atoms with van der Waals surface area (Å²) in [5.41, 5.74) is 2.47. The van der Waals surface area contributed by atoms with Gasteiger partial charge in [-0.2, -0.15) is 0 Å². The van der Waals surface area contributed by atoms with Gasteiger partial charge in [0.25, 0.3) is 5.91 Å². The van der Waals surface area contributed by atoms with E-state index in [1.54, 1.807) is 24.3 Å². The van der Waals surface area contributed by atoms with Crippen molar-refractivity contribution >= 4 is 26.2 Å². The number of carbonyl (C=O) groups excluding carboxylic acids is 2. The second kappa shape index (κ2) is 9.53. The first kappa shape index (κ1) is 22.2. The number of anilines is 1. The number of carbonyl (C=O) groups is 2. The summed E-state index contributed by atoms with van der Waals surface area (Å²) in [7, 11) is -1.03. The Hall–Kier alpha value is -2.51. The molecule has 9 heteroatoms. The van der Waals surface area contributed by atoms with Crippen molar-refractivity contribution in [2.75, 3.05) is 18.6 Å². The summed E-state index contributed by atoms with van der Waals surface area (Å²) in [6.45, 7) is 4.33. The predicted molar refractivity (Wildman–Crippen MR) is 113 cm³/mol. The Morgan fingerprint density at radius 3 is 2.53 bits per heavy atom. The van der Waals surface area contributed by atoms with Gasteiger partial charge in [0.1, 0.15) is 11.8 Å². The maximum Gasteiger partial charge on any atom is 0.391 e. The van der Waals surface area contributed by atoms with Crippen molar-refractivity contribution in [2.24, 2.45) is 0 Å². The lowest BCUT2D eigenvalue weighted by atomic mass is 10.0. The number of likely N-dealkylation sites (N-methyl/N-ethyl adjacent to an activating group) is 1. The lowest BCUT2D eigenvalue weighted by Crippen LogP contribution is -2.38. The first-order valence-electron chi connectivity index (χ1n) is 9.51. The summed E-state index contributed by atoms with van der Waals surface area (Å²) in [4.78, 5) is 45.9. The van der Waals surface area contributed by atoms with Crippen molar-refractivity contribution in [1.82, 2.24) is 4.90 Å². The maximum absolute atomic E-state index is 12.7. The van der Waals surface area contributed by atoms with Crippen LogP contribution in [0.4, 0.5) is 10.5 Å². The zero-order valence-corrected chi connectivity index (χ0v) is 18.0. The molecule has 1 aliphatic rings. The Balaban J connectivity index is 1.72. The molecule has 3 amide bonds. The van der Waals surface area contributed by atoms with Crippen molar-refractivity contribution in [3.8, 4) is 5.75 Å². The van der Waals surface area contributed by atoms with Crippen molar-refractivity contribution in [3.05, 3.63) is 59.7 Å². The summed E-state index contributed by atoms with van der Waals surface area (Å²) in [5.74, 6) is 0.281. The highest BCUT2D eigenvalue weighted by atomic mass is 31.2. The molecule has 1 saturated heterocycles. The number of ether oxygens (including phenoxy) is 1. The average molecular weight is 432 g/mol. The normalized spacial score (nSPS) is 16.8. The van der Waals surface area contributed by atoms with Gasteiger partial charge in [0.05, 0.1) is 13.2 Å². The Morgan fingerprint density at radius 2 is 1.83 bits per heavy atom. The molecule has 1 fully saturated rings. The second-order valence-corrected chi connectivity index (χ2v) is 8.01. The number of urea groups is 1. The number of benzene rings is 2. The van der Waals surface area contributed by atoms with Gasteiger partial charge in [-0.3, -0.25) is 14.6 Å². The van der Waals surface area contributed by atoms with E-state index in [0.29, 0.717) is 17.4 Å². The number of amides is 3. The molecule has 0 aromatic heterocycles. The quantitative estimate of drug-likeness (QED) is 0.490. The van der Waals surface area contributed by atoms with Gasteiger partial charge >= 0.3 is 14.6 Å². The molecule has 0 spiro atoms. The van der Waals surface area contributed by atoms with Crippen LogP contribution in [0, 0.1) is 0 Å². The van der Waals surface area contributed by atoms with Crippen LogP contribution in [0.2, 0.25) is 0 Å². The Bertz CT molecular complexity index is 920. The van der Waals surface area contributed by atoms with E-state index in [-0.39, 0.29) is 25.2 Å². The first-order chi connectivity index (χ1) is 14.3. The zero-order chi connectivity index (χ0) is 21.8. The fourth-order valence-electron chi connectivity index (χ4n) is 3.27. The van der Waals surface area contributed by atoms with E-state index in [1.165, 1.54) is 11.9 Å². The van der Waals surface area contributed by atoms with E-state index in [2.05, 4.69) is 13.8 Å². The van der Waals surface area contributed by atoms with Gasteiger partial charge < -0.3 is 19.0 Å². The number of nitrogens with zero attached hydrogens (tertiary/aromatic N) is 2. The zero-order valence-electron chi connectivity index (χ0n) is 17.1. The molecule has 2 aromatic carbocycles. The molecule has 1 heterocycles. The van der Waals surface area contributed by atoms with Crippen LogP contribution in [0.1, 0.15) is 30.9 Å². The van der Waals surface area contributed by atoms with Crippen molar-refractivity contribution in [2.45, 2.75) is 32.4 Å². The molecular weight excluding hydrogens is 407 g/mol. The fraction of sp³-hybridized carbons (Fsp3) is 0.333. The summed E-state index contributed by atoms with van der Waals surface area (Å²) in [6, 6.07) is 13.2. The SMILES string of the molecule is CC(C)c1cccc(N2C(=O)N(C)C(=O)C2COCc2cccc(OP(O)O)c2)c1. The number of imide groups is 1. The fourth-order valence-corrected chi connectivity index (χ4v) is 3.57. The number of hydrogen-bond acceptors (Lipinski definition) is 6. The van der Waals surface area contributed by atoms with E-state index in [0.717, 1.165) is 16.0 Å². The van der Waals surface area contributed by atoms with E-state index >= 15 is 0 Å². The van der Waals surface area contributed by atoms with Gasteiger partial charge in [-0.15, -0.1) is 0 Å². The van der Waals surface area contributed by atoms with Crippen LogP contribution in [0.25, 0.3) is 0 Å². The van der Waals surface area contributed by atoms with Crippen LogP contribution in [-0.2, 0) is 16.1 Å². The highest BCUT2D eigenvalue weighted by Gasteiger charge is 2.44. The van der Waals surface area contributed by atoms with Gasteiger partial charge in [-0.1, -0.05) is 38.1 Å². The molecule has 1 atom stereocenters. The van der Waals surface area contributed by atoms with Gasteiger partial charge in [0, 0.05) is 12.7 Å². The van der Waals surface area contributed by atoms with E-state index in [1.807, 2.05) is 24.3 Å². The molecule has 0 saturated carbocycles. The number of hydrogen-bond donors (Lipinski definition) is 2. The molecule has 0 aliphatic carbocycles. The van der Waals surface area contributed by atoms with Gasteiger partial charge in [-0.25, -0.2) is 4.79 Å². The molecular formula is C21H25N2O6P. The van der Waals surface area contributed by atoms with E-state index in [4.69, 9.17) is 19.0 Å². The Morgan fingerprint density at radius 1 is 1.10 bits per heavy atom. The predicted octanol–water partition coefficient (Wildman–Crippen LogP) is 3.38. The van der Waals surface area contributed by atoms with Crippen LogP contribution in [0.3, 0.4) is 0 Å². The maximum atomic E-state index is 12.7. The monoisotopic (exact) mass is 432 g/mol. The molecule has 30 heavy (non-hydrogen) atoms. The first-order valence-corrected chi connectivity index (χ1v) is 10.7. The molecule has 1 unspecified atom stereocenters. The van der Waals surface area contributed by atoms with Crippen LogP contribution in [-0.4, -0.2) is 46.3 Å². The topological polar surface area (TPSA) is 99.5 Å². The third-order valence-corrected chi connectivity index (χ3v) is 5.24. The van der Waals surface area contributed by atoms with Crippen LogP contribution >= 0.6 is 8.60 Å². The molecule has 8 nitrogen and oxygen atoms in total. The minimum atomic E-state index is -2.50. The molecule has 0 radical (unpaired) electrons. The lowest BCUT2D eigenvalue weighted by molar-refractivity contribution is -0.127. The smallest absolute Gasteiger partial charge is 0.391 e. The highest BCUT2D eigenvalue weighted by Crippen LogP contribution is 2.30. The summed E-state index contributed by atoms with van der Waals surface area (Å²) < 4.78 is 10.6. The van der Waals surface area contributed by atoms with Gasteiger partial charge in [0.2, 0.25) is 0 Å². The third-order valence-electron chi connectivity index (χ3n) is 4.87. The average Bonchev–Trinajstić information content (AvgIpc) is 2.92. The molecule has 1 aliphatic heterocycles. The van der Waals surface area contributed by atoms with Crippen molar-refractivity contribution in [1.29, 1.82) is 0 Å². The van der Waals surface area contributed by atoms with E-state index < -0.39 is 14.6 Å². The largest absolute Gasteiger partial charge is 0.427 e. The highest BCUT2D eigenvalue weighted by molar-refractivity contribution is 7.39. The minimum Gasteiger partial charge on any atom is -0.427 e. The second-order valence-electron chi connectivity index (χ2n) is 7.32. The molecule has 3 rings (SSSR count). The van der Waals surface area contributed by atoms with Crippen LogP contribution in [0.15, 0.2) is 48.5 Å². The van der Waals surface area contributed by atoms with Crippen LogP contribution < -0.4 is 9.42 Å².